The van der Waals surface area contributed by atoms with Gasteiger partial charge in [-0.05, 0) is 62.8 Å². The first-order valence-corrected chi connectivity index (χ1v) is 8.72. The van der Waals surface area contributed by atoms with E-state index in [-0.39, 0.29) is 12.0 Å². The van der Waals surface area contributed by atoms with E-state index >= 15 is 0 Å². The number of nitrogens with two attached hydrogens (primary N) is 1. The van der Waals surface area contributed by atoms with Crippen LogP contribution in [0, 0.1) is 19.8 Å². The van der Waals surface area contributed by atoms with Crippen molar-refractivity contribution in [2.75, 3.05) is 18.8 Å². The minimum absolute atomic E-state index is 0.185. The van der Waals surface area contributed by atoms with Crippen LogP contribution in [0.15, 0.2) is 17.0 Å². The summed E-state index contributed by atoms with van der Waals surface area (Å²) in [7, 11) is -3.49. The quantitative estimate of drug-likeness (QED) is 0.832. The van der Waals surface area contributed by atoms with Crippen LogP contribution < -0.4 is 5.73 Å². The van der Waals surface area contributed by atoms with E-state index in [1.165, 1.54) is 4.31 Å². The summed E-state index contributed by atoms with van der Waals surface area (Å²) in [5.74, 6) is 0.185. The molecule has 0 radical (unpaired) electrons. The first-order valence-electron chi connectivity index (χ1n) is 7.28. The number of rotatable bonds is 3. The summed E-state index contributed by atoms with van der Waals surface area (Å²) in [4.78, 5) is 0.368. The lowest BCUT2D eigenvalue weighted by atomic mass is 9.93. The summed E-state index contributed by atoms with van der Waals surface area (Å²) < 4.78 is 27.2. The fraction of sp³-hybridized carbons (Fsp3) is 0.600. The van der Waals surface area contributed by atoms with Crippen molar-refractivity contribution in [3.63, 3.8) is 0 Å². The van der Waals surface area contributed by atoms with E-state index < -0.39 is 10.0 Å². The van der Waals surface area contributed by atoms with Gasteiger partial charge in [-0.1, -0.05) is 0 Å². The number of anilines is 1. The van der Waals surface area contributed by atoms with Gasteiger partial charge in [-0.3, -0.25) is 0 Å². The number of hydrogen-bond donors (Lipinski definition) is 2. The lowest BCUT2D eigenvalue weighted by molar-refractivity contribution is 0.0912. The van der Waals surface area contributed by atoms with Gasteiger partial charge in [-0.15, -0.1) is 0 Å². The molecule has 0 aliphatic carbocycles. The van der Waals surface area contributed by atoms with Gasteiger partial charge < -0.3 is 10.8 Å². The average molecular weight is 312 g/mol. The highest BCUT2D eigenvalue weighted by Gasteiger charge is 2.32. The van der Waals surface area contributed by atoms with Gasteiger partial charge in [0.1, 0.15) is 0 Å². The number of nitrogens with zero attached hydrogens (tertiary/aromatic N) is 1. The minimum atomic E-state index is -3.49. The lowest BCUT2D eigenvalue weighted by Gasteiger charge is -2.33. The van der Waals surface area contributed by atoms with E-state index in [4.69, 9.17) is 5.73 Å². The van der Waals surface area contributed by atoms with Gasteiger partial charge >= 0.3 is 0 Å². The second-order valence-corrected chi connectivity index (χ2v) is 7.84. The molecule has 1 aliphatic heterocycles. The Morgan fingerprint density at radius 3 is 2.14 bits per heavy atom. The number of benzene rings is 1. The van der Waals surface area contributed by atoms with Crippen LogP contribution in [-0.2, 0) is 10.0 Å². The number of piperidine rings is 1. The van der Waals surface area contributed by atoms with Gasteiger partial charge in [0.2, 0.25) is 10.0 Å². The Labute approximate surface area is 126 Å². The average Bonchev–Trinajstić information content (AvgIpc) is 2.37. The number of nitrogen functional groups attached to an aromatic ring is 1. The Morgan fingerprint density at radius 1 is 1.24 bits per heavy atom. The molecule has 0 spiro atoms. The summed E-state index contributed by atoms with van der Waals surface area (Å²) >= 11 is 0. The molecule has 2 rings (SSSR count). The van der Waals surface area contributed by atoms with Crippen molar-refractivity contribution in [2.24, 2.45) is 5.92 Å². The summed E-state index contributed by atoms with van der Waals surface area (Å²) in [6.07, 6.45) is 1.02. The molecule has 1 aliphatic rings. The highest BCUT2D eigenvalue weighted by molar-refractivity contribution is 7.89. The van der Waals surface area contributed by atoms with Crippen LogP contribution in [0.1, 0.15) is 30.9 Å². The normalized spacial score (nSPS) is 19.6. The zero-order chi connectivity index (χ0) is 15.8. The predicted molar refractivity (Wildman–Crippen MR) is 83.5 cm³/mol. The fourth-order valence-corrected chi connectivity index (χ4v) is 5.00. The van der Waals surface area contributed by atoms with E-state index in [1.54, 1.807) is 32.9 Å². The molecule has 1 saturated heterocycles. The Balaban J connectivity index is 2.28. The minimum Gasteiger partial charge on any atom is -0.399 e. The number of sulfonamides is 1. The molecule has 1 atom stereocenters. The molecule has 1 fully saturated rings. The standard InChI is InChI=1S/C15H24N2O3S/c1-10-8-14(16)9-11(2)15(10)21(19,20)17-6-4-13(5-7-17)12(3)18/h8-9,12-13,18H,4-7,16H2,1-3H3. The second kappa shape index (κ2) is 5.94. The van der Waals surface area contributed by atoms with Gasteiger partial charge in [-0.25, -0.2) is 8.42 Å². The van der Waals surface area contributed by atoms with Crippen LogP contribution in [0.2, 0.25) is 0 Å². The first-order chi connectivity index (χ1) is 9.73. The van der Waals surface area contributed by atoms with E-state index in [0.29, 0.717) is 47.6 Å². The van der Waals surface area contributed by atoms with Crippen LogP contribution in [0.4, 0.5) is 5.69 Å². The monoisotopic (exact) mass is 312 g/mol. The van der Waals surface area contributed by atoms with E-state index in [9.17, 15) is 13.5 Å². The van der Waals surface area contributed by atoms with Gasteiger partial charge in [0.05, 0.1) is 11.0 Å². The Kier molecular flexibility index (Phi) is 4.60. The zero-order valence-electron chi connectivity index (χ0n) is 12.8. The number of aliphatic hydroxyl groups excluding tert-OH is 1. The van der Waals surface area contributed by atoms with Gasteiger partial charge in [0.15, 0.2) is 0 Å². The molecule has 5 nitrogen and oxygen atoms in total. The Hall–Kier alpha value is -1.11. The van der Waals surface area contributed by atoms with Crippen molar-refractivity contribution in [3.8, 4) is 0 Å². The number of hydrogen-bond acceptors (Lipinski definition) is 4. The first kappa shape index (κ1) is 16.3. The van der Waals surface area contributed by atoms with Crippen molar-refractivity contribution < 1.29 is 13.5 Å². The molecule has 0 saturated carbocycles. The molecule has 0 bridgehead atoms. The number of aliphatic hydroxyl groups is 1. The van der Waals surface area contributed by atoms with Crippen molar-refractivity contribution in [2.45, 2.75) is 44.6 Å². The molecular weight excluding hydrogens is 288 g/mol. The maximum atomic E-state index is 12.8. The SMILES string of the molecule is Cc1cc(N)cc(C)c1S(=O)(=O)N1CCC(C(C)O)CC1. The highest BCUT2D eigenvalue weighted by atomic mass is 32.2. The molecule has 1 unspecified atom stereocenters. The van der Waals surface area contributed by atoms with Crippen molar-refractivity contribution in [1.82, 2.24) is 4.31 Å². The fourth-order valence-electron chi connectivity index (χ4n) is 3.12. The summed E-state index contributed by atoms with van der Waals surface area (Å²) in [6.45, 7) is 6.24. The van der Waals surface area contributed by atoms with E-state index in [0.717, 1.165) is 0 Å². The van der Waals surface area contributed by atoms with Crippen molar-refractivity contribution in [3.05, 3.63) is 23.3 Å². The largest absolute Gasteiger partial charge is 0.399 e. The van der Waals surface area contributed by atoms with Crippen LogP contribution >= 0.6 is 0 Å². The van der Waals surface area contributed by atoms with Crippen LogP contribution in [0.5, 0.6) is 0 Å². The van der Waals surface area contributed by atoms with Gasteiger partial charge in [-0.2, -0.15) is 4.31 Å². The van der Waals surface area contributed by atoms with E-state index in [2.05, 4.69) is 0 Å². The molecule has 6 heteroatoms. The van der Waals surface area contributed by atoms with Crippen LogP contribution in [0.3, 0.4) is 0 Å². The predicted octanol–water partition coefficient (Wildman–Crippen LogP) is 1.67. The summed E-state index contributed by atoms with van der Waals surface area (Å²) in [5.41, 5.74) is 7.72. The molecule has 1 aromatic carbocycles. The lowest BCUT2D eigenvalue weighted by Crippen LogP contribution is -2.41. The molecule has 1 aromatic rings. The zero-order valence-corrected chi connectivity index (χ0v) is 13.7. The maximum absolute atomic E-state index is 12.8. The van der Waals surface area contributed by atoms with Crippen LogP contribution in [-0.4, -0.2) is 37.0 Å². The second-order valence-electron chi connectivity index (χ2n) is 5.97. The summed E-state index contributed by atoms with van der Waals surface area (Å²) in [5, 5.41) is 9.62. The van der Waals surface area contributed by atoms with Crippen molar-refractivity contribution in [1.29, 1.82) is 0 Å². The molecule has 1 heterocycles. The molecule has 3 N–H and O–H groups in total. The third-order valence-corrected chi connectivity index (χ3v) is 6.47. The van der Waals surface area contributed by atoms with Crippen molar-refractivity contribution >= 4 is 15.7 Å². The third-order valence-electron chi connectivity index (χ3n) is 4.26. The topological polar surface area (TPSA) is 83.6 Å². The van der Waals surface area contributed by atoms with Gasteiger partial charge in [0.25, 0.3) is 0 Å². The van der Waals surface area contributed by atoms with Crippen LogP contribution in [0.25, 0.3) is 0 Å². The van der Waals surface area contributed by atoms with E-state index in [1.807, 2.05) is 0 Å². The number of aryl methyl sites for hydroxylation is 2. The molecular formula is C15H24N2O3S. The highest BCUT2D eigenvalue weighted by Crippen LogP contribution is 2.30. The molecule has 0 aromatic heterocycles. The Bertz CT molecular complexity index is 595. The third kappa shape index (κ3) is 3.22. The smallest absolute Gasteiger partial charge is 0.243 e. The molecule has 0 amide bonds. The molecule has 118 valence electrons. The van der Waals surface area contributed by atoms with Gasteiger partial charge in [0, 0.05) is 18.8 Å². The summed E-state index contributed by atoms with van der Waals surface area (Å²) in [6, 6.07) is 3.39. The molecule has 21 heavy (non-hydrogen) atoms. The Morgan fingerprint density at radius 2 is 1.71 bits per heavy atom. The maximum Gasteiger partial charge on any atom is 0.243 e.